The first kappa shape index (κ1) is 14.9. The Labute approximate surface area is 112 Å². The largest absolute Gasteiger partial charge is 0.297 e. The second kappa shape index (κ2) is 8.03. The summed E-state index contributed by atoms with van der Waals surface area (Å²) in [4.78, 5) is 4.99. The van der Waals surface area contributed by atoms with E-state index < -0.39 is 0 Å². The van der Waals surface area contributed by atoms with E-state index in [4.69, 9.17) is 11.2 Å². The van der Waals surface area contributed by atoms with Crippen LogP contribution >= 0.6 is 11.8 Å². The van der Waals surface area contributed by atoms with Gasteiger partial charge in [-0.15, -0.1) is 21.2 Å². The number of likely N-dealkylation sites (tertiary alicyclic amines) is 1. The maximum absolute atomic E-state index is 5.27. The average Bonchev–Trinajstić information content (AvgIpc) is 2.20. The summed E-state index contributed by atoms with van der Waals surface area (Å²) in [7, 11) is 2.39. The summed E-state index contributed by atoms with van der Waals surface area (Å²) < 4.78 is 0. The highest BCUT2D eigenvalue weighted by Crippen LogP contribution is 2.18. The second-order valence-electron chi connectivity index (χ2n) is 4.72. The maximum atomic E-state index is 5.27. The maximum Gasteiger partial charge on any atom is 0.0487 e. The van der Waals surface area contributed by atoms with Crippen LogP contribution in [-0.2, 0) is 20.6 Å². The van der Waals surface area contributed by atoms with E-state index in [1.54, 1.807) is 0 Å². The minimum absolute atomic E-state index is 0.157. The van der Waals surface area contributed by atoms with E-state index in [9.17, 15) is 0 Å². The van der Waals surface area contributed by atoms with Gasteiger partial charge in [-0.1, -0.05) is 11.2 Å². The number of piperidine rings is 1. The van der Waals surface area contributed by atoms with Crippen LogP contribution < -0.4 is 0 Å². The number of hydrogen-bond acceptors (Lipinski definition) is 4. The summed E-state index contributed by atoms with van der Waals surface area (Å²) in [5.41, 5.74) is 0. The van der Waals surface area contributed by atoms with Crippen LogP contribution in [0.4, 0.5) is 0 Å². The molecule has 0 saturated carbocycles. The van der Waals surface area contributed by atoms with Crippen molar-refractivity contribution in [3.05, 3.63) is 0 Å². The van der Waals surface area contributed by atoms with Crippen molar-refractivity contribution in [3.63, 3.8) is 0 Å². The van der Waals surface area contributed by atoms with Gasteiger partial charge in [0, 0.05) is 18.3 Å². The molecule has 0 aliphatic carbocycles. The fourth-order valence-corrected chi connectivity index (χ4v) is 4.03. The van der Waals surface area contributed by atoms with Gasteiger partial charge < -0.3 is 0 Å². The van der Waals surface area contributed by atoms with Crippen molar-refractivity contribution in [2.24, 2.45) is 5.92 Å². The Bertz CT molecular complexity index is 215. The van der Waals surface area contributed by atoms with Gasteiger partial charge in [-0.05, 0) is 51.4 Å². The molecule has 1 aliphatic rings. The second-order valence-corrected chi connectivity index (χ2v) is 8.67. The van der Waals surface area contributed by atoms with Crippen molar-refractivity contribution >= 4 is 32.4 Å². The molecule has 1 fully saturated rings. The molecule has 0 aromatic rings. The van der Waals surface area contributed by atoms with E-state index >= 15 is 0 Å². The van der Waals surface area contributed by atoms with Crippen molar-refractivity contribution < 1.29 is 0 Å². The van der Waals surface area contributed by atoms with Crippen LogP contribution in [0.2, 0.25) is 0 Å². The lowest BCUT2D eigenvalue weighted by Gasteiger charge is -2.33. The topological polar surface area (TPSA) is 6.48 Å². The molecule has 0 spiro atoms. The van der Waals surface area contributed by atoms with Crippen LogP contribution in [-0.4, -0.2) is 60.7 Å². The zero-order valence-corrected chi connectivity index (χ0v) is 13.1. The summed E-state index contributed by atoms with van der Waals surface area (Å²) in [6.45, 7) is 3.78. The van der Waals surface area contributed by atoms with Gasteiger partial charge in [0.1, 0.15) is 0 Å². The first-order valence-corrected chi connectivity index (χ1v) is 9.93. The lowest BCUT2D eigenvalue weighted by Crippen LogP contribution is -2.38. The molecule has 1 atom stereocenters. The fourth-order valence-electron chi connectivity index (χ4n) is 2.27. The molecule has 5 heteroatoms. The molecule has 2 nitrogen and oxygen atoms in total. The SMILES string of the molecule is CSCN(C)CC1CCN(CS(C)=S)CC1. The molecule has 1 heterocycles. The molecule has 0 radical (unpaired) electrons. The zero-order chi connectivity index (χ0) is 12.0. The molecule has 0 bridgehead atoms. The molecule has 0 aromatic carbocycles. The molecule has 1 unspecified atom stereocenters. The molecule has 1 aliphatic heterocycles. The first-order valence-electron chi connectivity index (χ1n) is 5.81. The zero-order valence-electron chi connectivity index (χ0n) is 10.6. The molecule has 0 aromatic heterocycles. The van der Waals surface area contributed by atoms with Gasteiger partial charge in [0.15, 0.2) is 0 Å². The van der Waals surface area contributed by atoms with Crippen LogP contribution in [0.15, 0.2) is 0 Å². The Kier molecular flexibility index (Phi) is 7.48. The Hall–Kier alpha value is 0.840. The van der Waals surface area contributed by atoms with Gasteiger partial charge in [-0.25, -0.2) is 0 Å². The van der Waals surface area contributed by atoms with Crippen LogP contribution in [0.1, 0.15) is 12.8 Å². The molecule has 1 saturated heterocycles. The lowest BCUT2D eigenvalue weighted by atomic mass is 9.97. The van der Waals surface area contributed by atoms with E-state index in [1.165, 1.54) is 32.5 Å². The minimum atomic E-state index is 0.157. The molecule has 1 rings (SSSR count). The molecule has 16 heavy (non-hydrogen) atoms. The van der Waals surface area contributed by atoms with Crippen LogP contribution in [0.3, 0.4) is 0 Å². The third-order valence-corrected chi connectivity index (χ3v) is 4.73. The normalized spacial score (nSPS) is 21.5. The Morgan fingerprint density at radius 2 is 2.06 bits per heavy atom. The molecular weight excluding hydrogens is 256 g/mol. The van der Waals surface area contributed by atoms with Crippen LogP contribution in [0, 0.1) is 5.92 Å². The summed E-state index contributed by atoms with van der Waals surface area (Å²) in [6, 6.07) is 0. The van der Waals surface area contributed by atoms with Crippen LogP contribution in [0.5, 0.6) is 0 Å². The van der Waals surface area contributed by atoms with E-state index in [0.29, 0.717) is 0 Å². The Balaban J connectivity index is 2.18. The monoisotopic (exact) mass is 280 g/mol. The van der Waals surface area contributed by atoms with Crippen molar-refractivity contribution in [3.8, 4) is 0 Å². The standard InChI is InChI=1S/C11H24N2S3/c1-12(9-15-2)8-11-4-6-13(7-5-11)10-16(3)14/h11H,4-10H2,1-3H3. The minimum Gasteiger partial charge on any atom is -0.297 e. The first-order chi connectivity index (χ1) is 7.61. The van der Waals surface area contributed by atoms with Crippen molar-refractivity contribution in [1.29, 1.82) is 0 Å². The fraction of sp³-hybridized carbons (Fsp3) is 1.00. The van der Waals surface area contributed by atoms with Gasteiger partial charge in [-0.3, -0.25) is 9.80 Å². The van der Waals surface area contributed by atoms with Crippen molar-refractivity contribution in [1.82, 2.24) is 9.80 Å². The third kappa shape index (κ3) is 5.96. The number of hydrogen-bond donors (Lipinski definition) is 0. The predicted molar refractivity (Wildman–Crippen MR) is 80.8 cm³/mol. The highest BCUT2D eigenvalue weighted by molar-refractivity contribution is 8.28. The van der Waals surface area contributed by atoms with E-state index in [1.807, 2.05) is 11.8 Å². The summed E-state index contributed by atoms with van der Waals surface area (Å²) in [5, 5.41) is 0. The third-order valence-electron chi connectivity index (χ3n) is 2.99. The lowest BCUT2D eigenvalue weighted by molar-refractivity contribution is 0.180. The summed E-state index contributed by atoms with van der Waals surface area (Å²) in [6.07, 6.45) is 7.04. The molecule has 0 amide bonds. The van der Waals surface area contributed by atoms with Gasteiger partial charge in [-0.2, -0.15) is 0 Å². The number of rotatable bonds is 6. The quantitative estimate of drug-likeness (QED) is 0.682. The van der Waals surface area contributed by atoms with Crippen LogP contribution in [0.25, 0.3) is 0 Å². The summed E-state index contributed by atoms with van der Waals surface area (Å²) in [5.74, 6) is 3.19. The van der Waals surface area contributed by atoms with Gasteiger partial charge >= 0.3 is 0 Å². The molecule has 96 valence electrons. The average molecular weight is 281 g/mol. The Morgan fingerprint density at radius 3 is 2.56 bits per heavy atom. The molecular formula is C11H24N2S3. The smallest absolute Gasteiger partial charge is 0.0487 e. The molecule has 0 N–H and O–H groups in total. The van der Waals surface area contributed by atoms with E-state index in [2.05, 4.69) is 29.4 Å². The highest BCUT2D eigenvalue weighted by atomic mass is 32.8. The van der Waals surface area contributed by atoms with Gasteiger partial charge in [0.25, 0.3) is 0 Å². The summed E-state index contributed by atoms with van der Waals surface area (Å²) >= 11 is 7.18. The van der Waals surface area contributed by atoms with Crippen molar-refractivity contribution in [2.45, 2.75) is 12.8 Å². The van der Waals surface area contributed by atoms with Gasteiger partial charge in [0.05, 0.1) is 0 Å². The number of nitrogens with zero attached hydrogens (tertiary/aromatic N) is 2. The number of thioether (sulfide) groups is 1. The van der Waals surface area contributed by atoms with Crippen molar-refractivity contribution in [2.75, 3.05) is 50.9 Å². The highest BCUT2D eigenvalue weighted by Gasteiger charge is 2.19. The Morgan fingerprint density at radius 1 is 1.44 bits per heavy atom. The van der Waals surface area contributed by atoms with E-state index in [-0.39, 0.29) is 9.45 Å². The predicted octanol–water partition coefficient (Wildman–Crippen LogP) is 1.62. The van der Waals surface area contributed by atoms with E-state index in [0.717, 1.165) is 17.7 Å². The van der Waals surface area contributed by atoms with Gasteiger partial charge in [0.2, 0.25) is 0 Å².